The molecule has 0 fully saturated rings. The number of pyridine rings is 1. The van der Waals surface area contributed by atoms with Crippen LogP contribution in [-0.4, -0.2) is 14.5 Å². The van der Waals surface area contributed by atoms with E-state index < -0.39 is 11.6 Å². The zero-order valence-corrected chi connectivity index (χ0v) is 15.4. The van der Waals surface area contributed by atoms with Crippen molar-refractivity contribution in [3.8, 4) is 0 Å². The molecule has 0 unspecified atom stereocenters. The van der Waals surface area contributed by atoms with Crippen molar-refractivity contribution in [2.24, 2.45) is 0 Å². The Morgan fingerprint density at radius 1 is 1.19 bits per heavy atom. The van der Waals surface area contributed by atoms with E-state index in [9.17, 15) is 13.6 Å². The largest absolute Gasteiger partial charge is 0.365 e. The minimum absolute atomic E-state index is 0.0744. The number of nitrogens with zero attached hydrogens (tertiary/aromatic N) is 3. The Morgan fingerprint density at radius 3 is 2.62 bits per heavy atom. The highest BCUT2D eigenvalue weighted by atomic mass is 79.9. The maximum Gasteiger partial charge on any atom is 0.270 e. The highest BCUT2D eigenvalue weighted by Gasteiger charge is 2.13. The van der Waals surface area contributed by atoms with E-state index in [1.807, 2.05) is 12.1 Å². The fraction of sp³-hybridized carbons (Fsp3) is 0.167. The maximum atomic E-state index is 13.7. The topological polar surface area (TPSA) is 59.8 Å². The molecule has 0 amide bonds. The third-order valence-electron chi connectivity index (χ3n) is 3.86. The van der Waals surface area contributed by atoms with E-state index in [1.54, 1.807) is 19.3 Å². The van der Waals surface area contributed by atoms with E-state index in [0.717, 1.165) is 11.6 Å². The van der Waals surface area contributed by atoms with Crippen molar-refractivity contribution < 1.29 is 8.78 Å². The fourth-order valence-electron chi connectivity index (χ4n) is 2.46. The maximum absolute atomic E-state index is 13.7. The molecule has 1 N–H and O–H groups in total. The summed E-state index contributed by atoms with van der Waals surface area (Å²) in [5, 5.41) is 2.92. The first-order valence-electron chi connectivity index (χ1n) is 7.79. The molecule has 26 heavy (non-hydrogen) atoms. The number of nitrogens with one attached hydrogen (secondary N) is 1. The molecule has 8 heteroatoms. The van der Waals surface area contributed by atoms with Gasteiger partial charge in [-0.15, -0.1) is 0 Å². The van der Waals surface area contributed by atoms with Gasteiger partial charge >= 0.3 is 0 Å². The van der Waals surface area contributed by atoms with Gasteiger partial charge in [0.15, 0.2) is 0 Å². The molecule has 2 heterocycles. The molecule has 5 nitrogen and oxygen atoms in total. The molecule has 2 aromatic heterocycles. The molecule has 0 aliphatic rings. The Morgan fingerprint density at radius 2 is 1.92 bits per heavy atom. The number of anilines is 1. The van der Waals surface area contributed by atoms with Gasteiger partial charge in [0.05, 0.1) is 6.54 Å². The molecule has 0 saturated heterocycles. The number of aromatic nitrogens is 3. The van der Waals surface area contributed by atoms with Gasteiger partial charge in [-0.25, -0.2) is 13.8 Å². The number of benzene rings is 1. The first kappa shape index (κ1) is 18.2. The van der Waals surface area contributed by atoms with Crippen molar-refractivity contribution in [2.75, 3.05) is 5.32 Å². The Hall–Kier alpha value is -2.61. The lowest BCUT2D eigenvalue weighted by atomic mass is 10.2. The Bertz CT molecular complexity index is 992. The molecule has 0 atom stereocenters. The monoisotopic (exact) mass is 420 g/mol. The zero-order chi connectivity index (χ0) is 18.7. The van der Waals surface area contributed by atoms with Crippen LogP contribution in [0.2, 0.25) is 0 Å². The van der Waals surface area contributed by atoms with Crippen LogP contribution in [0.1, 0.15) is 17.0 Å². The van der Waals surface area contributed by atoms with E-state index in [4.69, 9.17) is 0 Å². The molecule has 0 radical (unpaired) electrons. The lowest BCUT2D eigenvalue weighted by Crippen LogP contribution is -2.26. The predicted molar refractivity (Wildman–Crippen MR) is 98.0 cm³/mol. The number of hydrogen-bond acceptors (Lipinski definition) is 4. The molecular weight excluding hydrogens is 406 g/mol. The molecule has 1 aromatic carbocycles. The molecule has 0 aliphatic heterocycles. The Labute approximate surface area is 156 Å². The number of aryl methyl sites for hydroxylation is 1. The van der Waals surface area contributed by atoms with Crippen LogP contribution in [0.3, 0.4) is 0 Å². The SMILES string of the molecule is Cc1nc(NCc2ccc(F)cc2F)c(Br)c(=O)n1Cc1ccncc1. The average molecular weight is 421 g/mol. The summed E-state index contributed by atoms with van der Waals surface area (Å²) in [5.41, 5.74) is 0.947. The molecule has 134 valence electrons. The first-order valence-corrected chi connectivity index (χ1v) is 8.58. The summed E-state index contributed by atoms with van der Waals surface area (Å²) in [7, 11) is 0. The van der Waals surface area contributed by atoms with Gasteiger partial charge in [-0.05, 0) is 46.6 Å². The predicted octanol–water partition coefficient (Wildman–Crippen LogP) is 3.65. The summed E-state index contributed by atoms with van der Waals surface area (Å²) in [6.45, 7) is 2.16. The van der Waals surface area contributed by atoms with Gasteiger partial charge in [0.25, 0.3) is 5.56 Å². The van der Waals surface area contributed by atoms with Crippen LogP contribution in [0.15, 0.2) is 52.0 Å². The van der Waals surface area contributed by atoms with E-state index in [2.05, 4.69) is 31.2 Å². The van der Waals surface area contributed by atoms with Gasteiger partial charge in [0.2, 0.25) is 0 Å². The Kier molecular flexibility index (Phi) is 5.41. The minimum atomic E-state index is -0.656. The van der Waals surface area contributed by atoms with Crippen LogP contribution < -0.4 is 10.9 Å². The molecule has 0 bridgehead atoms. The third-order valence-corrected chi connectivity index (χ3v) is 4.57. The smallest absolute Gasteiger partial charge is 0.270 e. The lowest BCUT2D eigenvalue weighted by molar-refractivity contribution is 0.574. The third kappa shape index (κ3) is 3.96. The van der Waals surface area contributed by atoms with Gasteiger partial charge in [0, 0.05) is 30.6 Å². The quantitative estimate of drug-likeness (QED) is 0.684. The van der Waals surface area contributed by atoms with Crippen LogP contribution in [0.25, 0.3) is 0 Å². The second kappa shape index (κ2) is 7.74. The summed E-state index contributed by atoms with van der Waals surface area (Å²) >= 11 is 3.26. The van der Waals surface area contributed by atoms with E-state index >= 15 is 0 Å². The number of rotatable bonds is 5. The van der Waals surface area contributed by atoms with Gasteiger partial charge < -0.3 is 5.32 Å². The van der Waals surface area contributed by atoms with Crippen LogP contribution in [0.5, 0.6) is 0 Å². The highest BCUT2D eigenvalue weighted by molar-refractivity contribution is 9.10. The van der Waals surface area contributed by atoms with Crippen molar-refractivity contribution in [1.29, 1.82) is 0 Å². The molecule has 0 aliphatic carbocycles. The fourth-order valence-corrected chi connectivity index (χ4v) is 2.90. The van der Waals surface area contributed by atoms with Crippen molar-refractivity contribution in [1.82, 2.24) is 14.5 Å². The Balaban J connectivity index is 1.84. The summed E-state index contributed by atoms with van der Waals surface area (Å²) in [6.07, 6.45) is 3.32. The lowest BCUT2D eigenvalue weighted by Gasteiger charge is -2.14. The minimum Gasteiger partial charge on any atom is -0.365 e. The molecule has 0 saturated carbocycles. The molecule has 3 aromatic rings. The normalized spacial score (nSPS) is 10.8. The highest BCUT2D eigenvalue weighted by Crippen LogP contribution is 2.18. The molecule has 0 spiro atoms. The van der Waals surface area contributed by atoms with Crippen molar-refractivity contribution in [3.63, 3.8) is 0 Å². The van der Waals surface area contributed by atoms with Crippen molar-refractivity contribution in [2.45, 2.75) is 20.0 Å². The summed E-state index contributed by atoms with van der Waals surface area (Å²) < 4.78 is 28.5. The van der Waals surface area contributed by atoms with Gasteiger partial charge in [0.1, 0.15) is 27.7 Å². The summed E-state index contributed by atoms with van der Waals surface area (Å²) in [6, 6.07) is 6.99. The molecular formula is C18H15BrF2N4O. The average Bonchev–Trinajstić information content (AvgIpc) is 2.63. The van der Waals surface area contributed by atoms with Gasteiger partial charge in [-0.1, -0.05) is 6.07 Å². The molecule has 3 rings (SSSR count). The first-order chi connectivity index (χ1) is 12.5. The van der Waals surface area contributed by atoms with E-state index in [-0.39, 0.29) is 22.1 Å². The van der Waals surface area contributed by atoms with Crippen molar-refractivity contribution >= 4 is 21.7 Å². The zero-order valence-electron chi connectivity index (χ0n) is 13.8. The van der Waals surface area contributed by atoms with Crippen LogP contribution in [0.4, 0.5) is 14.6 Å². The second-order valence-electron chi connectivity index (χ2n) is 5.66. The number of halogens is 3. The van der Waals surface area contributed by atoms with E-state index in [0.29, 0.717) is 18.2 Å². The standard InChI is InChI=1S/C18H15BrF2N4O/c1-11-24-17(23-9-13-2-3-14(20)8-15(13)21)16(19)18(26)25(11)10-12-4-6-22-7-5-12/h2-8,23H,9-10H2,1H3. The second-order valence-corrected chi connectivity index (χ2v) is 6.45. The van der Waals surface area contributed by atoms with Gasteiger partial charge in [-0.2, -0.15) is 0 Å². The van der Waals surface area contributed by atoms with Crippen LogP contribution >= 0.6 is 15.9 Å². The summed E-state index contributed by atoms with van der Waals surface area (Å²) in [4.78, 5) is 21.0. The number of hydrogen-bond donors (Lipinski definition) is 1. The van der Waals surface area contributed by atoms with E-state index in [1.165, 1.54) is 16.7 Å². The van der Waals surface area contributed by atoms with Gasteiger partial charge in [-0.3, -0.25) is 14.3 Å². The van der Waals surface area contributed by atoms with Crippen LogP contribution in [0, 0.1) is 18.6 Å². The van der Waals surface area contributed by atoms with Crippen molar-refractivity contribution in [3.05, 3.63) is 86.1 Å². The van der Waals surface area contributed by atoms with Crippen LogP contribution in [-0.2, 0) is 13.1 Å². The summed E-state index contributed by atoms with van der Waals surface area (Å²) in [5.74, 6) is -0.476.